The first-order chi connectivity index (χ1) is 14.0. The van der Waals surface area contributed by atoms with Crippen LogP contribution in [0.15, 0.2) is 66.0 Å². The Labute approximate surface area is 172 Å². The topological polar surface area (TPSA) is 67.4 Å². The largest absolute Gasteiger partial charge is 0.489 e. The first kappa shape index (κ1) is 20.5. The summed E-state index contributed by atoms with van der Waals surface area (Å²) in [7, 11) is 0. The Bertz CT molecular complexity index is 976. The maximum absolute atomic E-state index is 13.3. The molecule has 2 N–H and O–H groups in total. The lowest BCUT2D eigenvalue weighted by atomic mass is 10.1. The number of amides is 2. The molecular weight excluding hydrogens is 391 g/mol. The van der Waals surface area contributed by atoms with E-state index in [4.69, 9.17) is 4.74 Å². The van der Waals surface area contributed by atoms with E-state index in [2.05, 4.69) is 10.6 Å². The Hall–Kier alpha value is -3.19. The van der Waals surface area contributed by atoms with Crippen molar-refractivity contribution in [3.63, 3.8) is 0 Å². The van der Waals surface area contributed by atoms with Crippen molar-refractivity contribution < 1.29 is 18.7 Å². The fraction of sp³-hybridized carbons (Fsp3) is 0.182. The molecule has 0 radical (unpaired) electrons. The van der Waals surface area contributed by atoms with Crippen LogP contribution in [0.25, 0.3) is 0 Å². The van der Waals surface area contributed by atoms with Crippen LogP contribution >= 0.6 is 11.3 Å². The smallest absolute Gasteiger partial charge is 0.226 e. The normalized spacial score (nSPS) is 11.5. The molecule has 1 unspecified atom stereocenters. The van der Waals surface area contributed by atoms with Crippen LogP contribution in [0.4, 0.5) is 10.1 Å². The molecule has 0 bridgehead atoms. The van der Waals surface area contributed by atoms with Gasteiger partial charge in [0.05, 0.1) is 12.5 Å². The summed E-state index contributed by atoms with van der Waals surface area (Å²) in [5.74, 6) is -0.168. The van der Waals surface area contributed by atoms with Crippen LogP contribution in [-0.2, 0) is 16.2 Å². The molecular formula is C22H21FN2O3S. The van der Waals surface area contributed by atoms with Crippen molar-refractivity contribution in [1.82, 2.24) is 5.32 Å². The number of halogens is 1. The molecule has 2 aromatic carbocycles. The standard InChI is InChI=1S/C22H21FN2O3S/c1-15(26)24-20(21-9-4-10-29-21)13-22(27)25-18-7-3-8-19(12-18)28-14-16-5-2-6-17(23)11-16/h2-12,20H,13-14H2,1H3,(H,24,26)(H,25,27). The van der Waals surface area contributed by atoms with E-state index in [0.717, 1.165) is 4.88 Å². The average Bonchev–Trinajstić information content (AvgIpc) is 3.21. The van der Waals surface area contributed by atoms with Crippen LogP contribution < -0.4 is 15.4 Å². The number of hydrogen-bond donors (Lipinski definition) is 2. The molecule has 0 aliphatic rings. The van der Waals surface area contributed by atoms with Crippen LogP contribution in [-0.4, -0.2) is 11.8 Å². The molecule has 3 aromatic rings. The molecule has 0 aliphatic carbocycles. The van der Waals surface area contributed by atoms with Gasteiger partial charge in [0.1, 0.15) is 18.2 Å². The molecule has 7 heteroatoms. The summed E-state index contributed by atoms with van der Waals surface area (Å²) in [5.41, 5.74) is 1.30. The third kappa shape index (κ3) is 6.43. The number of carbonyl (C=O) groups excluding carboxylic acids is 2. The molecule has 0 fully saturated rings. The number of carbonyl (C=O) groups is 2. The minimum atomic E-state index is -0.375. The van der Waals surface area contributed by atoms with Crippen molar-refractivity contribution in [1.29, 1.82) is 0 Å². The predicted molar refractivity (Wildman–Crippen MR) is 111 cm³/mol. The number of nitrogens with one attached hydrogen (secondary N) is 2. The zero-order valence-corrected chi connectivity index (χ0v) is 16.7. The summed E-state index contributed by atoms with van der Waals surface area (Å²) in [6.07, 6.45) is 0.120. The number of benzene rings is 2. The molecule has 1 heterocycles. The molecule has 0 spiro atoms. The van der Waals surface area contributed by atoms with E-state index in [-0.39, 0.29) is 36.7 Å². The fourth-order valence-electron chi connectivity index (χ4n) is 2.81. The fourth-order valence-corrected chi connectivity index (χ4v) is 3.59. The van der Waals surface area contributed by atoms with Crippen molar-refractivity contribution in [2.24, 2.45) is 0 Å². The van der Waals surface area contributed by atoms with E-state index in [9.17, 15) is 14.0 Å². The Morgan fingerprint density at radius 2 is 1.93 bits per heavy atom. The van der Waals surface area contributed by atoms with Gasteiger partial charge < -0.3 is 15.4 Å². The van der Waals surface area contributed by atoms with E-state index < -0.39 is 0 Å². The summed E-state index contributed by atoms with van der Waals surface area (Å²) >= 11 is 1.49. The van der Waals surface area contributed by atoms with E-state index in [1.54, 1.807) is 36.4 Å². The molecule has 3 rings (SSSR count). The van der Waals surface area contributed by atoms with Crippen molar-refractivity contribution >= 4 is 28.8 Å². The van der Waals surface area contributed by atoms with E-state index in [0.29, 0.717) is 17.0 Å². The lowest BCUT2D eigenvalue weighted by Gasteiger charge is -2.16. The van der Waals surface area contributed by atoms with Gasteiger partial charge in [-0.05, 0) is 41.3 Å². The van der Waals surface area contributed by atoms with E-state index in [1.165, 1.54) is 30.4 Å². The zero-order chi connectivity index (χ0) is 20.6. The number of thiophene rings is 1. The molecule has 1 aromatic heterocycles. The summed E-state index contributed by atoms with van der Waals surface area (Å²) < 4.78 is 18.9. The van der Waals surface area contributed by atoms with Gasteiger partial charge >= 0.3 is 0 Å². The minimum Gasteiger partial charge on any atom is -0.489 e. The van der Waals surface area contributed by atoms with E-state index in [1.807, 2.05) is 17.5 Å². The van der Waals surface area contributed by atoms with Crippen molar-refractivity contribution in [2.75, 3.05) is 5.32 Å². The summed E-state index contributed by atoms with van der Waals surface area (Å²) in [6, 6.07) is 16.6. The van der Waals surface area contributed by atoms with Gasteiger partial charge in [-0.1, -0.05) is 24.3 Å². The van der Waals surface area contributed by atoms with Gasteiger partial charge in [0, 0.05) is 23.6 Å². The number of ether oxygens (including phenoxy) is 1. The lowest BCUT2D eigenvalue weighted by molar-refractivity contribution is -0.120. The Morgan fingerprint density at radius 1 is 1.10 bits per heavy atom. The Kier molecular flexibility index (Phi) is 6.97. The number of anilines is 1. The average molecular weight is 412 g/mol. The van der Waals surface area contributed by atoms with Gasteiger partial charge in [-0.15, -0.1) is 11.3 Å². The second-order valence-corrected chi connectivity index (χ2v) is 7.45. The number of hydrogen-bond acceptors (Lipinski definition) is 4. The van der Waals surface area contributed by atoms with Gasteiger partial charge in [-0.25, -0.2) is 4.39 Å². The zero-order valence-electron chi connectivity index (χ0n) is 15.9. The SMILES string of the molecule is CC(=O)NC(CC(=O)Nc1cccc(OCc2cccc(F)c2)c1)c1cccs1. The Balaban J connectivity index is 1.60. The molecule has 1 atom stereocenters. The molecule has 0 aliphatic heterocycles. The number of rotatable bonds is 8. The van der Waals surface area contributed by atoms with Crippen LogP contribution in [0.1, 0.15) is 29.8 Å². The molecule has 0 saturated heterocycles. The van der Waals surface area contributed by atoms with Gasteiger partial charge in [-0.3, -0.25) is 9.59 Å². The maximum atomic E-state index is 13.3. The summed E-state index contributed by atoms with van der Waals surface area (Å²) in [5, 5.41) is 7.54. The summed E-state index contributed by atoms with van der Waals surface area (Å²) in [6.45, 7) is 1.65. The molecule has 0 saturated carbocycles. The second kappa shape index (κ2) is 9.84. The highest BCUT2D eigenvalue weighted by molar-refractivity contribution is 7.10. The predicted octanol–water partition coefficient (Wildman–Crippen LogP) is 4.67. The first-order valence-electron chi connectivity index (χ1n) is 9.07. The lowest BCUT2D eigenvalue weighted by Crippen LogP contribution is -2.29. The van der Waals surface area contributed by atoms with E-state index >= 15 is 0 Å². The highest BCUT2D eigenvalue weighted by Crippen LogP contribution is 2.24. The minimum absolute atomic E-state index is 0.120. The third-order valence-corrected chi connectivity index (χ3v) is 5.05. The van der Waals surface area contributed by atoms with Gasteiger partial charge in [-0.2, -0.15) is 0 Å². The molecule has 150 valence electrons. The molecule has 29 heavy (non-hydrogen) atoms. The van der Waals surface area contributed by atoms with Crippen molar-refractivity contribution in [3.8, 4) is 5.75 Å². The molecule has 5 nitrogen and oxygen atoms in total. The highest BCUT2D eigenvalue weighted by Gasteiger charge is 2.18. The monoisotopic (exact) mass is 412 g/mol. The highest BCUT2D eigenvalue weighted by atomic mass is 32.1. The van der Waals surface area contributed by atoms with Crippen LogP contribution in [0, 0.1) is 5.82 Å². The van der Waals surface area contributed by atoms with Crippen molar-refractivity contribution in [3.05, 3.63) is 82.3 Å². The van der Waals surface area contributed by atoms with Crippen LogP contribution in [0.5, 0.6) is 5.75 Å². The van der Waals surface area contributed by atoms with Crippen molar-refractivity contribution in [2.45, 2.75) is 26.0 Å². The quantitative estimate of drug-likeness (QED) is 0.565. The van der Waals surface area contributed by atoms with Crippen LogP contribution in [0.3, 0.4) is 0 Å². The van der Waals surface area contributed by atoms with Gasteiger partial charge in [0.25, 0.3) is 0 Å². The first-order valence-corrected chi connectivity index (χ1v) is 9.95. The molecule has 2 amide bonds. The Morgan fingerprint density at radius 3 is 2.66 bits per heavy atom. The van der Waals surface area contributed by atoms with Gasteiger partial charge in [0.2, 0.25) is 11.8 Å². The second-order valence-electron chi connectivity index (χ2n) is 6.47. The third-order valence-electron chi connectivity index (χ3n) is 4.07. The van der Waals surface area contributed by atoms with Crippen LogP contribution in [0.2, 0.25) is 0 Å². The summed E-state index contributed by atoms with van der Waals surface area (Å²) in [4.78, 5) is 24.9. The maximum Gasteiger partial charge on any atom is 0.226 e. The van der Waals surface area contributed by atoms with Gasteiger partial charge in [0.15, 0.2) is 0 Å².